The molecular weight excluding hydrogens is 277 g/mol. The minimum Gasteiger partial charge on any atom is -0.244 e. The molecule has 1 rings (SSSR count). The van der Waals surface area contributed by atoms with Crippen molar-refractivity contribution in [2.24, 2.45) is 3.77 Å². The van der Waals surface area contributed by atoms with Crippen LogP contribution >= 0.6 is 10.7 Å². The average molecular weight is 286 g/mol. The van der Waals surface area contributed by atoms with Crippen molar-refractivity contribution in [2.75, 3.05) is 5.75 Å². The van der Waals surface area contributed by atoms with Gasteiger partial charge < -0.3 is 0 Å². The SMILES string of the molecule is CC[S@@](=O)(=NS(=O)(=O)Cl)c1ccc(F)cc1. The van der Waals surface area contributed by atoms with Crippen molar-refractivity contribution in [3.05, 3.63) is 30.1 Å². The van der Waals surface area contributed by atoms with Gasteiger partial charge in [0.2, 0.25) is 0 Å². The van der Waals surface area contributed by atoms with E-state index in [4.69, 9.17) is 10.7 Å². The van der Waals surface area contributed by atoms with Crippen molar-refractivity contribution < 1.29 is 17.0 Å². The Bertz CT molecular complexity index is 588. The predicted octanol–water partition coefficient (Wildman–Crippen LogP) is 2.16. The molecule has 0 bridgehead atoms. The minimum absolute atomic E-state index is 0.0232. The second kappa shape index (κ2) is 4.68. The topological polar surface area (TPSA) is 63.6 Å². The lowest BCUT2D eigenvalue weighted by Gasteiger charge is -2.05. The third kappa shape index (κ3) is 3.43. The second-order valence-electron chi connectivity index (χ2n) is 2.87. The van der Waals surface area contributed by atoms with Gasteiger partial charge in [-0.3, -0.25) is 0 Å². The first-order chi connectivity index (χ1) is 7.27. The van der Waals surface area contributed by atoms with Crippen LogP contribution < -0.4 is 0 Å². The second-order valence-corrected chi connectivity index (χ2v) is 7.79. The van der Waals surface area contributed by atoms with E-state index in [1.807, 2.05) is 0 Å². The van der Waals surface area contributed by atoms with Crippen molar-refractivity contribution in [2.45, 2.75) is 11.8 Å². The van der Waals surface area contributed by atoms with Gasteiger partial charge in [-0.05, 0) is 24.3 Å². The molecule has 0 saturated carbocycles. The number of hydrogen-bond donors (Lipinski definition) is 0. The van der Waals surface area contributed by atoms with Gasteiger partial charge in [-0.1, -0.05) is 10.7 Å². The average Bonchev–Trinajstić information content (AvgIpc) is 2.16. The maximum Gasteiger partial charge on any atom is 0.347 e. The zero-order valence-corrected chi connectivity index (χ0v) is 10.6. The lowest BCUT2D eigenvalue weighted by atomic mass is 10.4. The predicted molar refractivity (Wildman–Crippen MR) is 60.6 cm³/mol. The van der Waals surface area contributed by atoms with Crippen molar-refractivity contribution in [3.63, 3.8) is 0 Å². The highest BCUT2D eigenvalue weighted by molar-refractivity contribution is 8.17. The van der Waals surface area contributed by atoms with E-state index < -0.39 is 24.8 Å². The molecule has 0 aliphatic carbocycles. The van der Waals surface area contributed by atoms with Gasteiger partial charge in [0.25, 0.3) is 0 Å². The first kappa shape index (κ1) is 13.4. The Balaban J connectivity index is 3.43. The maximum atomic E-state index is 12.6. The first-order valence-electron chi connectivity index (χ1n) is 4.23. The molecule has 4 nitrogen and oxygen atoms in total. The van der Waals surface area contributed by atoms with E-state index in [9.17, 15) is 17.0 Å². The summed E-state index contributed by atoms with van der Waals surface area (Å²) < 4.78 is 49.5. The molecule has 0 N–H and O–H groups in total. The molecule has 0 aliphatic rings. The van der Waals surface area contributed by atoms with Crippen LogP contribution in [0.2, 0.25) is 0 Å². The lowest BCUT2D eigenvalue weighted by Crippen LogP contribution is -2.06. The standard InChI is InChI=1S/C8H9ClFNO3S2/c1-2-15(12,11-16(9,13)14)8-5-3-7(10)4-6-8/h3-6H,2H2,1H3/t15-/m0/s1. The lowest BCUT2D eigenvalue weighted by molar-refractivity contribution is 0.611. The summed E-state index contributed by atoms with van der Waals surface area (Å²) in [7, 11) is -2.44. The Morgan fingerprint density at radius 3 is 2.12 bits per heavy atom. The molecule has 0 amide bonds. The molecule has 0 aliphatic heterocycles. The molecule has 0 unspecified atom stereocenters. The van der Waals surface area contributed by atoms with Crippen LogP contribution in [0.5, 0.6) is 0 Å². The third-order valence-corrected chi connectivity index (χ3v) is 5.76. The highest BCUT2D eigenvalue weighted by Gasteiger charge is 2.15. The number of hydrogen-bond acceptors (Lipinski definition) is 3. The fourth-order valence-electron chi connectivity index (χ4n) is 1.05. The highest BCUT2D eigenvalue weighted by Crippen LogP contribution is 2.17. The number of halogens is 2. The molecule has 0 spiro atoms. The molecule has 8 heteroatoms. The van der Waals surface area contributed by atoms with Crippen LogP contribution in [0, 0.1) is 5.82 Å². The molecule has 0 heterocycles. The van der Waals surface area contributed by atoms with Gasteiger partial charge in [-0.25, -0.2) is 8.60 Å². The van der Waals surface area contributed by atoms with Gasteiger partial charge in [0, 0.05) is 21.3 Å². The quantitative estimate of drug-likeness (QED) is 0.800. The fraction of sp³-hybridized carbons (Fsp3) is 0.250. The monoisotopic (exact) mass is 285 g/mol. The first-order valence-corrected chi connectivity index (χ1v) is 8.18. The molecule has 1 aromatic rings. The van der Waals surface area contributed by atoms with Crippen molar-refractivity contribution in [1.29, 1.82) is 0 Å². The summed E-state index contributed by atoms with van der Waals surface area (Å²) >= 11 is 0. The summed E-state index contributed by atoms with van der Waals surface area (Å²) in [6.45, 7) is 1.51. The van der Waals surface area contributed by atoms with Crippen molar-refractivity contribution in [1.82, 2.24) is 0 Å². The largest absolute Gasteiger partial charge is 0.347 e. The Hall–Kier alpha value is -0.660. The van der Waals surface area contributed by atoms with E-state index >= 15 is 0 Å². The van der Waals surface area contributed by atoms with Gasteiger partial charge in [0.05, 0.1) is 9.73 Å². The Labute approximate surface area is 98.2 Å². The molecule has 0 aromatic heterocycles. The van der Waals surface area contributed by atoms with E-state index in [1.165, 1.54) is 19.1 Å². The Kier molecular flexibility index (Phi) is 3.92. The number of benzene rings is 1. The van der Waals surface area contributed by atoms with E-state index in [0.717, 1.165) is 12.1 Å². The van der Waals surface area contributed by atoms with Crippen molar-refractivity contribution in [3.8, 4) is 0 Å². The van der Waals surface area contributed by atoms with Gasteiger partial charge in [0.1, 0.15) is 5.82 Å². The van der Waals surface area contributed by atoms with E-state index in [2.05, 4.69) is 3.77 Å². The van der Waals surface area contributed by atoms with Gasteiger partial charge in [-0.2, -0.15) is 8.42 Å². The van der Waals surface area contributed by atoms with Crippen LogP contribution in [0.1, 0.15) is 6.92 Å². The zero-order valence-electron chi connectivity index (χ0n) is 8.26. The van der Waals surface area contributed by atoms with Crippen molar-refractivity contribution >= 4 is 29.6 Å². The molecule has 0 fully saturated rings. The summed E-state index contributed by atoms with van der Waals surface area (Å²) in [5, 5.41) is 0. The number of rotatable bonds is 3. The maximum absolute atomic E-state index is 12.6. The number of nitrogens with zero attached hydrogens (tertiary/aromatic N) is 1. The molecule has 90 valence electrons. The molecule has 1 aromatic carbocycles. The molecule has 0 radical (unpaired) electrons. The van der Waals surface area contributed by atoms with Crippen LogP contribution in [-0.4, -0.2) is 18.4 Å². The van der Waals surface area contributed by atoms with Gasteiger partial charge in [0.15, 0.2) is 0 Å². The van der Waals surface area contributed by atoms with Crippen LogP contribution in [0.25, 0.3) is 0 Å². The van der Waals surface area contributed by atoms with Crippen LogP contribution in [0.15, 0.2) is 32.9 Å². The van der Waals surface area contributed by atoms with E-state index in [0.29, 0.717) is 0 Å². The highest BCUT2D eigenvalue weighted by atomic mass is 35.7. The van der Waals surface area contributed by atoms with Crippen LogP contribution in [-0.2, 0) is 19.0 Å². The van der Waals surface area contributed by atoms with Gasteiger partial charge >= 0.3 is 9.24 Å². The third-order valence-electron chi connectivity index (χ3n) is 1.78. The minimum atomic E-state index is -4.22. The smallest absolute Gasteiger partial charge is 0.244 e. The molecule has 0 saturated heterocycles. The van der Waals surface area contributed by atoms with Gasteiger partial charge in [-0.15, -0.1) is 0 Å². The summed E-state index contributed by atoms with van der Waals surface area (Å²) in [5.74, 6) is -0.528. The molecule has 1 atom stereocenters. The summed E-state index contributed by atoms with van der Waals surface area (Å²) in [6.07, 6.45) is 0. The Morgan fingerprint density at radius 1 is 1.25 bits per heavy atom. The summed E-state index contributed by atoms with van der Waals surface area (Å²) in [6, 6.07) is 4.63. The van der Waals surface area contributed by atoms with E-state index in [1.54, 1.807) is 0 Å². The van der Waals surface area contributed by atoms with Crippen LogP contribution in [0.3, 0.4) is 0 Å². The normalized spacial score (nSPS) is 15.4. The Morgan fingerprint density at radius 2 is 1.75 bits per heavy atom. The fourth-order valence-corrected chi connectivity index (χ4v) is 4.68. The molecule has 16 heavy (non-hydrogen) atoms. The zero-order chi connectivity index (χ0) is 12.4. The van der Waals surface area contributed by atoms with Crippen LogP contribution in [0.4, 0.5) is 4.39 Å². The van der Waals surface area contributed by atoms with E-state index in [-0.39, 0.29) is 10.6 Å². The summed E-state index contributed by atoms with van der Waals surface area (Å²) in [4.78, 5) is 0.139. The summed E-state index contributed by atoms with van der Waals surface area (Å²) in [5.41, 5.74) is 0. The molecular formula is C8H9ClFNO3S2.